The monoisotopic (exact) mass is 330 g/mol. The third kappa shape index (κ3) is 3.33. The molecule has 0 bridgehead atoms. The molecular weight excluding hydrogens is 316 g/mol. The highest BCUT2D eigenvalue weighted by Gasteiger charge is 2.15. The van der Waals surface area contributed by atoms with Gasteiger partial charge in [0.25, 0.3) is 0 Å². The first kappa shape index (κ1) is 16.2. The summed E-state index contributed by atoms with van der Waals surface area (Å²) in [5.41, 5.74) is 1.63. The molecule has 0 aliphatic carbocycles. The van der Waals surface area contributed by atoms with E-state index in [4.69, 9.17) is 4.74 Å². The van der Waals surface area contributed by atoms with E-state index in [0.29, 0.717) is 11.1 Å². The van der Waals surface area contributed by atoms with Gasteiger partial charge < -0.3 is 4.74 Å². The molecular formula is C20H14N2O3. The van der Waals surface area contributed by atoms with Crippen molar-refractivity contribution in [3.8, 4) is 11.8 Å². The molecule has 0 radical (unpaired) electrons. The van der Waals surface area contributed by atoms with E-state index in [0.717, 1.165) is 16.3 Å². The maximum atomic E-state index is 11.1. The van der Waals surface area contributed by atoms with Crippen molar-refractivity contribution in [2.45, 2.75) is 0 Å². The van der Waals surface area contributed by atoms with Gasteiger partial charge in [-0.1, -0.05) is 42.5 Å². The second-order valence-electron chi connectivity index (χ2n) is 5.42. The van der Waals surface area contributed by atoms with Gasteiger partial charge in [0.2, 0.25) is 0 Å². The maximum absolute atomic E-state index is 11.1. The van der Waals surface area contributed by atoms with Gasteiger partial charge in [-0.15, -0.1) is 0 Å². The van der Waals surface area contributed by atoms with Crippen LogP contribution in [0.2, 0.25) is 0 Å². The molecule has 5 heteroatoms. The third-order valence-electron chi connectivity index (χ3n) is 3.89. The lowest BCUT2D eigenvalue weighted by Crippen LogP contribution is -1.94. The number of benzene rings is 3. The predicted molar refractivity (Wildman–Crippen MR) is 97.1 cm³/mol. The van der Waals surface area contributed by atoms with Crippen molar-refractivity contribution >= 4 is 28.1 Å². The second kappa shape index (κ2) is 6.85. The maximum Gasteiger partial charge on any atom is 0.311 e. The van der Waals surface area contributed by atoms with Gasteiger partial charge in [0.15, 0.2) is 5.75 Å². The fraction of sp³-hybridized carbons (Fsp3) is 0.0500. The van der Waals surface area contributed by atoms with E-state index in [1.165, 1.54) is 19.2 Å². The normalized spacial score (nSPS) is 11.1. The summed E-state index contributed by atoms with van der Waals surface area (Å²) < 4.78 is 5.00. The largest absolute Gasteiger partial charge is 0.490 e. The number of fused-ring (bicyclic) bond motifs is 1. The molecule has 0 saturated heterocycles. The molecule has 0 aliphatic rings. The highest BCUT2D eigenvalue weighted by atomic mass is 16.6. The highest BCUT2D eigenvalue weighted by molar-refractivity contribution is 5.94. The Bertz CT molecular complexity index is 1030. The van der Waals surface area contributed by atoms with Gasteiger partial charge in [-0.3, -0.25) is 10.1 Å². The van der Waals surface area contributed by atoms with Gasteiger partial charge in [0.1, 0.15) is 0 Å². The Balaban J connectivity index is 2.06. The van der Waals surface area contributed by atoms with Crippen LogP contribution in [0.4, 0.5) is 5.69 Å². The smallest absolute Gasteiger partial charge is 0.311 e. The summed E-state index contributed by atoms with van der Waals surface area (Å²) in [7, 11) is 1.38. The SMILES string of the molecule is COc1ccc(/C=C(\C#N)c2ccc3ccccc3c2)cc1[N+](=O)[O-]. The van der Waals surface area contributed by atoms with Gasteiger partial charge in [0, 0.05) is 6.07 Å². The van der Waals surface area contributed by atoms with E-state index in [1.54, 1.807) is 12.1 Å². The molecule has 0 aliphatic heterocycles. The molecule has 3 aromatic rings. The van der Waals surface area contributed by atoms with E-state index in [9.17, 15) is 15.4 Å². The Morgan fingerprint density at radius 1 is 1.12 bits per heavy atom. The van der Waals surface area contributed by atoms with E-state index >= 15 is 0 Å². The van der Waals surface area contributed by atoms with Crippen molar-refractivity contribution in [1.29, 1.82) is 5.26 Å². The van der Waals surface area contributed by atoms with Gasteiger partial charge in [-0.05, 0) is 40.1 Å². The minimum atomic E-state index is -0.502. The molecule has 3 aromatic carbocycles. The van der Waals surface area contributed by atoms with E-state index in [2.05, 4.69) is 6.07 Å². The quantitative estimate of drug-likeness (QED) is 0.297. The summed E-state index contributed by atoms with van der Waals surface area (Å²) in [5, 5.41) is 22.8. The van der Waals surface area contributed by atoms with Gasteiger partial charge in [-0.25, -0.2) is 0 Å². The van der Waals surface area contributed by atoms with Crippen LogP contribution in [0.5, 0.6) is 5.75 Å². The molecule has 0 fully saturated rings. The zero-order valence-corrected chi connectivity index (χ0v) is 13.5. The topological polar surface area (TPSA) is 76.2 Å². The minimum Gasteiger partial charge on any atom is -0.490 e. The fourth-order valence-electron chi connectivity index (χ4n) is 2.64. The van der Waals surface area contributed by atoms with Crippen molar-refractivity contribution in [2.75, 3.05) is 7.11 Å². The number of allylic oxidation sites excluding steroid dienone is 1. The van der Waals surface area contributed by atoms with Crippen molar-refractivity contribution in [1.82, 2.24) is 0 Å². The first-order valence-electron chi connectivity index (χ1n) is 7.56. The summed E-state index contributed by atoms with van der Waals surface area (Å²) in [6.07, 6.45) is 1.64. The number of hydrogen-bond donors (Lipinski definition) is 0. The summed E-state index contributed by atoms with van der Waals surface area (Å²) in [4.78, 5) is 10.6. The molecule has 0 heterocycles. The lowest BCUT2D eigenvalue weighted by molar-refractivity contribution is -0.385. The Hall–Kier alpha value is -3.65. The summed E-state index contributed by atoms with van der Waals surface area (Å²) >= 11 is 0. The molecule has 0 N–H and O–H groups in total. The molecule has 25 heavy (non-hydrogen) atoms. The highest BCUT2D eigenvalue weighted by Crippen LogP contribution is 2.29. The van der Waals surface area contributed by atoms with Gasteiger partial charge >= 0.3 is 5.69 Å². The second-order valence-corrected chi connectivity index (χ2v) is 5.42. The molecule has 0 spiro atoms. The Morgan fingerprint density at radius 3 is 2.56 bits per heavy atom. The van der Waals surface area contributed by atoms with Crippen molar-refractivity contribution in [2.24, 2.45) is 0 Å². The molecule has 0 unspecified atom stereocenters. The van der Waals surface area contributed by atoms with Crippen LogP contribution in [-0.4, -0.2) is 12.0 Å². The Labute approximate surface area is 144 Å². The first-order valence-corrected chi connectivity index (χ1v) is 7.56. The minimum absolute atomic E-state index is 0.132. The Morgan fingerprint density at radius 2 is 1.88 bits per heavy atom. The van der Waals surface area contributed by atoms with Crippen LogP contribution in [-0.2, 0) is 0 Å². The zero-order chi connectivity index (χ0) is 17.8. The average Bonchev–Trinajstić information content (AvgIpc) is 2.65. The summed E-state index contributed by atoms with van der Waals surface area (Å²) in [6, 6.07) is 20.4. The standard InChI is InChI=1S/C20H14N2O3/c1-25-20-9-6-14(11-19(20)22(23)24)10-18(13-21)17-8-7-15-4-2-3-5-16(15)12-17/h2-12H,1H3/b18-10+. The lowest BCUT2D eigenvalue weighted by atomic mass is 10.00. The molecule has 0 aromatic heterocycles. The molecule has 122 valence electrons. The third-order valence-corrected chi connectivity index (χ3v) is 3.89. The number of ether oxygens (including phenoxy) is 1. The number of nitrogens with zero attached hydrogens (tertiary/aromatic N) is 2. The molecule has 0 saturated carbocycles. The van der Waals surface area contributed by atoms with E-state index in [-0.39, 0.29) is 11.4 Å². The zero-order valence-electron chi connectivity index (χ0n) is 13.5. The first-order chi connectivity index (χ1) is 12.1. The van der Waals surface area contributed by atoms with Crippen LogP contribution in [0.15, 0.2) is 60.7 Å². The van der Waals surface area contributed by atoms with Crippen LogP contribution >= 0.6 is 0 Å². The number of methoxy groups -OCH3 is 1. The van der Waals surface area contributed by atoms with Gasteiger partial charge in [0.05, 0.1) is 23.7 Å². The summed E-state index contributed by atoms with van der Waals surface area (Å²) in [5.74, 6) is 0.186. The van der Waals surface area contributed by atoms with Crippen LogP contribution in [0.1, 0.15) is 11.1 Å². The van der Waals surface area contributed by atoms with Crippen molar-refractivity contribution in [3.05, 3.63) is 81.9 Å². The molecule has 3 rings (SSSR count). The van der Waals surface area contributed by atoms with Crippen LogP contribution in [0.3, 0.4) is 0 Å². The number of nitro benzene ring substituents is 1. The van der Waals surface area contributed by atoms with Crippen molar-refractivity contribution < 1.29 is 9.66 Å². The molecule has 0 amide bonds. The predicted octanol–water partition coefficient (Wildman–Crippen LogP) is 4.82. The molecule has 0 atom stereocenters. The number of nitriles is 1. The lowest BCUT2D eigenvalue weighted by Gasteiger charge is -2.05. The Kier molecular flexibility index (Phi) is 4.44. The number of nitro groups is 1. The van der Waals surface area contributed by atoms with Crippen LogP contribution in [0, 0.1) is 21.4 Å². The van der Waals surface area contributed by atoms with Crippen LogP contribution < -0.4 is 4.74 Å². The van der Waals surface area contributed by atoms with Crippen LogP contribution in [0.25, 0.3) is 22.4 Å². The average molecular weight is 330 g/mol. The number of rotatable bonds is 4. The van der Waals surface area contributed by atoms with E-state index < -0.39 is 4.92 Å². The summed E-state index contributed by atoms with van der Waals surface area (Å²) in [6.45, 7) is 0. The van der Waals surface area contributed by atoms with E-state index in [1.807, 2.05) is 42.5 Å². The molecule has 5 nitrogen and oxygen atoms in total. The van der Waals surface area contributed by atoms with Gasteiger partial charge in [-0.2, -0.15) is 5.26 Å². The number of hydrogen-bond acceptors (Lipinski definition) is 4. The fourth-order valence-corrected chi connectivity index (χ4v) is 2.64. The van der Waals surface area contributed by atoms with Crippen molar-refractivity contribution in [3.63, 3.8) is 0 Å².